The molecule has 5 nitrogen and oxygen atoms in total. The number of rotatable bonds is 7. The van der Waals surface area contributed by atoms with E-state index in [4.69, 9.17) is 9.90 Å². The smallest absolute Gasteiger partial charge is 0.475 e. The number of amides is 1. The van der Waals surface area contributed by atoms with Gasteiger partial charge in [0.1, 0.15) is 0 Å². The van der Waals surface area contributed by atoms with Gasteiger partial charge in [0.2, 0.25) is 5.92 Å². The van der Waals surface area contributed by atoms with Crippen LogP contribution in [0.15, 0.2) is 24.3 Å². The topological polar surface area (TPSA) is 78.4 Å². The highest BCUT2D eigenvalue weighted by Crippen LogP contribution is 2.43. The number of nitrogens with one attached hydrogen (secondary N) is 2. The normalized spacial score (nSPS) is 24.4. The molecule has 0 heterocycles. The molecule has 2 unspecified atom stereocenters. The lowest BCUT2D eigenvalue weighted by Gasteiger charge is -2.34. The van der Waals surface area contributed by atoms with Gasteiger partial charge in [-0.25, -0.2) is 13.6 Å². The Hall–Kier alpha value is -2.23. The summed E-state index contributed by atoms with van der Waals surface area (Å²) in [6, 6.07) is 8.28. The summed E-state index contributed by atoms with van der Waals surface area (Å²) in [5.41, 5.74) is 1.83. The van der Waals surface area contributed by atoms with Crippen LogP contribution in [0.5, 0.6) is 0 Å². The first-order valence-corrected chi connectivity index (χ1v) is 10.2. The second-order valence-corrected chi connectivity index (χ2v) is 8.57. The molecule has 3 N–H and O–H groups in total. The van der Waals surface area contributed by atoms with Crippen molar-refractivity contribution in [1.29, 1.82) is 0 Å². The third-order valence-corrected chi connectivity index (χ3v) is 5.70. The van der Waals surface area contributed by atoms with Gasteiger partial charge in [0.15, 0.2) is 0 Å². The van der Waals surface area contributed by atoms with Gasteiger partial charge in [0, 0.05) is 36.9 Å². The van der Waals surface area contributed by atoms with E-state index in [9.17, 15) is 26.7 Å². The molecule has 0 aliphatic heterocycles. The van der Waals surface area contributed by atoms with Crippen LogP contribution in [-0.4, -0.2) is 48.2 Å². The first kappa shape index (κ1) is 23.4. The summed E-state index contributed by atoms with van der Waals surface area (Å²) < 4.78 is 57.4. The van der Waals surface area contributed by atoms with Gasteiger partial charge in [0.25, 0.3) is 5.91 Å². The molecule has 3 aliphatic rings. The molecule has 0 bridgehead atoms. The van der Waals surface area contributed by atoms with Crippen molar-refractivity contribution in [2.24, 2.45) is 11.8 Å². The van der Waals surface area contributed by atoms with Crippen LogP contribution in [-0.2, 0) is 4.79 Å². The van der Waals surface area contributed by atoms with Crippen LogP contribution in [0.25, 0.3) is 0 Å². The van der Waals surface area contributed by atoms with Gasteiger partial charge in [-0.3, -0.25) is 4.79 Å². The van der Waals surface area contributed by atoms with Crippen molar-refractivity contribution < 1.29 is 36.6 Å². The highest BCUT2D eigenvalue weighted by molar-refractivity contribution is 5.94. The maximum atomic E-state index is 12.8. The van der Waals surface area contributed by atoms with E-state index in [0.29, 0.717) is 24.1 Å². The molecule has 2 atom stereocenters. The number of benzene rings is 1. The van der Waals surface area contributed by atoms with E-state index in [-0.39, 0.29) is 24.7 Å². The quantitative estimate of drug-likeness (QED) is 0.552. The number of aliphatic carboxylic acids is 1. The van der Waals surface area contributed by atoms with Crippen LogP contribution < -0.4 is 10.6 Å². The zero-order valence-corrected chi connectivity index (χ0v) is 16.7. The molecule has 0 spiro atoms. The van der Waals surface area contributed by atoms with Gasteiger partial charge >= 0.3 is 12.1 Å². The summed E-state index contributed by atoms with van der Waals surface area (Å²) in [6.45, 7) is 1.46. The Bertz CT molecular complexity index is 802. The van der Waals surface area contributed by atoms with E-state index in [0.717, 1.165) is 18.9 Å². The van der Waals surface area contributed by atoms with E-state index < -0.39 is 18.1 Å². The maximum absolute atomic E-state index is 12.8. The average Bonchev–Trinajstić information content (AvgIpc) is 3.57. The number of carbonyl (C=O) groups excluding carboxylic acids is 1. The zero-order valence-electron chi connectivity index (χ0n) is 16.7. The van der Waals surface area contributed by atoms with Crippen molar-refractivity contribution in [3.8, 4) is 0 Å². The second kappa shape index (κ2) is 9.10. The van der Waals surface area contributed by atoms with Crippen molar-refractivity contribution in [2.45, 2.75) is 56.2 Å². The van der Waals surface area contributed by atoms with Crippen LogP contribution in [0.3, 0.4) is 0 Å². The fourth-order valence-corrected chi connectivity index (χ4v) is 3.61. The molecule has 3 aliphatic carbocycles. The maximum Gasteiger partial charge on any atom is 0.490 e. The molecular weight excluding hydrogens is 423 g/mol. The molecule has 1 amide bonds. The summed E-state index contributed by atoms with van der Waals surface area (Å²) in [5.74, 6) is -4.15. The molecule has 1 aromatic rings. The van der Waals surface area contributed by atoms with Crippen molar-refractivity contribution in [2.75, 3.05) is 13.1 Å². The molecule has 0 aromatic heterocycles. The Balaban J connectivity index is 0.000000339. The minimum atomic E-state index is -5.08. The molecule has 3 fully saturated rings. The Morgan fingerprint density at radius 3 is 2.29 bits per heavy atom. The summed E-state index contributed by atoms with van der Waals surface area (Å²) in [7, 11) is 0. The summed E-state index contributed by atoms with van der Waals surface area (Å²) in [5, 5.41) is 13.5. The van der Waals surface area contributed by atoms with Gasteiger partial charge in [-0.2, -0.15) is 13.2 Å². The lowest BCUT2D eigenvalue weighted by atomic mass is 9.81. The number of carboxylic acids is 1. The number of carboxylic acid groups (broad SMARTS) is 1. The first-order chi connectivity index (χ1) is 14.4. The Kier molecular flexibility index (Phi) is 6.88. The number of alkyl halides is 5. The SMILES string of the molecule is O=C(NCC1CC(F)(F)C1)c1cccc(C2CC2NCC2CC2)c1.O=C(O)C(F)(F)F. The lowest BCUT2D eigenvalue weighted by Crippen LogP contribution is -2.42. The molecular formula is C21H25F5N2O3. The van der Waals surface area contributed by atoms with Crippen molar-refractivity contribution in [1.82, 2.24) is 10.6 Å². The number of hydrogen-bond acceptors (Lipinski definition) is 3. The van der Waals surface area contributed by atoms with Crippen LogP contribution in [0.1, 0.15) is 53.9 Å². The largest absolute Gasteiger partial charge is 0.490 e. The van der Waals surface area contributed by atoms with E-state index in [1.807, 2.05) is 12.1 Å². The van der Waals surface area contributed by atoms with Crippen molar-refractivity contribution >= 4 is 11.9 Å². The van der Waals surface area contributed by atoms with E-state index in [2.05, 4.69) is 16.7 Å². The predicted octanol–water partition coefficient (Wildman–Crippen LogP) is 3.95. The van der Waals surface area contributed by atoms with E-state index in [1.165, 1.54) is 18.4 Å². The van der Waals surface area contributed by atoms with Gasteiger partial charge in [0.05, 0.1) is 0 Å². The molecule has 0 radical (unpaired) electrons. The number of carbonyl (C=O) groups is 2. The van der Waals surface area contributed by atoms with Gasteiger partial charge in [-0.15, -0.1) is 0 Å². The monoisotopic (exact) mass is 448 g/mol. The van der Waals surface area contributed by atoms with Gasteiger partial charge in [-0.1, -0.05) is 12.1 Å². The molecule has 4 rings (SSSR count). The molecule has 3 saturated carbocycles. The summed E-state index contributed by atoms with van der Waals surface area (Å²) in [6.07, 6.45) is -1.46. The van der Waals surface area contributed by atoms with Crippen LogP contribution in [0, 0.1) is 11.8 Å². The zero-order chi connectivity index (χ0) is 22.8. The third-order valence-electron chi connectivity index (χ3n) is 5.70. The van der Waals surface area contributed by atoms with Crippen LogP contribution >= 0.6 is 0 Å². The number of hydrogen-bond donors (Lipinski definition) is 3. The molecule has 172 valence electrons. The first-order valence-electron chi connectivity index (χ1n) is 10.2. The van der Waals surface area contributed by atoms with Gasteiger partial charge < -0.3 is 15.7 Å². The fraction of sp³-hybridized carbons (Fsp3) is 0.619. The Labute approximate surface area is 176 Å². The Morgan fingerprint density at radius 1 is 1.10 bits per heavy atom. The Morgan fingerprint density at radius 2 is 1.74 bits per heavy atom. The molecule has 31 heavy (non-hydrogen) atoms. The summed E-state index contributed by atoms with van der Waals surface area (Å²) >= 11 is 0. The molecule has 0 saturated heterocycles. The van der Waals surface area contributed by atoms with Crippen LogP contribution in [0.2, 0.25) is 0 Å². The highest BCUT2D eigenvalue weighted by atomic mass is 19.4. The van der Waals surface area contributed by atoms with Crippen molar-refractivity contribution in [3.63, 3.8) is 0 Å². The molecule has 1 aromatic carbocycles. The lowest BCUT2D eigenvalue weighted by molar-refractivity contribution is -0.192. The van der Waals surface area contributed by atoms with Crippen LogP contribution in [0.4, 0.5) is 22.0 Å². The predicted molar refractivity (Wildman–Crippen MR) is 102 cm³/mol. The summed E-state index contributed by atoms with van der Waals surface area (Å²) in [4.78, 5) is 21.1. The second-order valence-electron chi connectivity index (χ2n) is 8.57. The fourth-order valence-electron chi connectivity index (χ4n) is 3.61. The molecule has 10 heteroatoms. The average molecular weight is 448 g/mol. The van der Waals surface area contributed by atoms with Crippen molar-refractivity contribution in [3.05, 3.63) is 35.4 Å². The number of halogens is 5. The van der Waals surface area contributed by atoms with E-state index >= 15 is 0 Å². The highest BCUT2D eigenvalue weighted by Gasteiger charge is 2.45. The standard InChI is InChI=1S/C19H24F2N2O.C2HF3O2/c20-19(21)8-13(9-19)11-23-18(24)15-3-1-2-14(6-15)16-7-17(16)22-10-12-4-5-12;3-2(4,5)1(6)7/h1-3,6,12-13,16-17,22H,4-5,7-11H2,(H,23,24);(H,6,7). The minimum absolute atomic E-state index is 0.0911. The van der Waals surface area contributed by atoms with E-state index in [1.54, 1.807) is 6.07 Å². The minimum Gasteiger partial charge on any atom is -0.475 e. The van der Waals surface area contributed by atoms with Gasteiger partial charge in [-0.05, 0) is 55.3 Å². The third kappa shape index (κ3) is 7.15.